The van der Waals surface area contributed by atoms with Crippen molar-refractivity contribution in [2.75, 3.05) is 0 Å². The number of benzene rings is 1. The van der Waals surface area contributed by atoms with E-state index in [9.17, 15) is 17.6 Å². The summed E-state index contributed by atoms with van der Waals surface area (Å²) in [6.07, 6.45) is 0.283. The summed E-state index contributed by atoms with van der Waals surface area (Å²) in [7, 11) is 0. The lowest BCUT2D eigenvalue weighted by molar-refractivity contribution is -0.0916. The molecule has 1 atom stereocenters. The van der Waals surface area contributed by atoms with E-state index in [2.05, 4.69) is 13.2 Å². The van der Waals surface area contributed by atoms with Crippen molar-refractivity contribution in [3.63, 3.8) is 0 Å². The fourth-order valence-corrected chi connectivity index (χ4v) is 4.44. The largest absolute Gasteiger partial charge is 0.413 e. The molecule has 0 aliphatic heterocycles. The van der Waals surface area contributed by atoms with Gasteiger partial charge in [0, 0.05) is 10.6 Å². The maximum Gasteiger partial charge on any atom is 0.413 e. The fraction of sp³-hybridized carbons (Fsp3) is 0.417. The van der Waals surface area contributed by atoms with Gasteiger partial charge in [-0.3, -0.25) is 0 Å². The molecule has 2 rings (SSSR count). The number of halogens is 6. The molecule has 6 heteroatoms. The molecule has 1 saturated carbocycles. The van der Waals surface area contributed by atoms with Crippen LogP contribution < -0.4 is 0 Å². The van der Waals surface area contributed by atoms with Crippen LogP contribution in [0.4, 0.5) is 17.6 Å². The van der Waals surface area contributed by atoms with Crippen LogP contribution in [0.2, 0.25) is 5.02 Å². The van der Waals surface area contributed by atoms with Crippen LogP contribution in [-0.4, -0.2) is 12.3 Å². The summed E-state index contributed by atoms with van der Waals surface area (Å²) in [5.74, 6) is 0.135. The molecular formula is C24H26Cl2F4. The summed E-state index contributed by atoms with van der Waals surface area (Å²) in [6, 6.07) is 7.41. The lowest BCUT2D eigenvalue weighted by Gasteiger charge is -2.33. The second kappa shape index (κ2) is 10.7. The van der Waals surface area contributed by atoms with Gasteiger partial charge in [0.15, 0.2) is 0 Å². The zero-order valence-electron chi connectivity index (χ0n) is 16.9. The summed E-state index contributed by atoms with van der Waals surface area (Å²) in [4.78, 5) is 0. The maximum atomic E-state index is 13.7. The molecule has 0 amide bonds. The van der Waals surface area contributed by atoms with Crippen LogP contribution >= 0.6 is 23.2 Å². The van der Waals surface area contributed by atoms with Crippen LogP contribution in [0.25, 0.3) is 0 Å². The Morgan fingerprint density at radius 3 is 2.40 bits per heavy atom. The summed E-state index contributed by atoms with van der Waals surface area (Å²) < 4.78 is 53.3. The molecule has 30 heavy (non-hydrogen) atoms. The number of allylic oxidation sites excluding steroid dienone is 6. The SMILES string of the molecule is C=C/C=C(C(=C)C[C@@H](c1cccc(Cl)c1)C1CCC(F)CC1)\C(Cl)=C(/C)C(F)(F)F. The Kier molecular flexibility index (Phi) is 8.81. The van der Waals surface area contributed by atoms with Crippen molar-refractivity contribution in [2.45, 2.75) is 57.3 Å². The first-order chi connectivity index (χ1) is 14.0. The molecule has 0 radical (unpaired) electrons. The van der Waals surface area contributed by atoms with E-state index in [0.717, 1.165) is 12.5 Å². The summed E-state index contributed by atoms with van der Waals surface area (Å²) in [5, 5.41) is 0.194. The second-order valence-electron chi connectivity index (χ2n) is 7.73. The normalized spacial score (nSPS) is 22.3. The van der Waals surface area contributed by atoms with Crippen molar-refractivity contribution < 1.29 is 17.6 Å². The minimum absolute atomic E-state index is 0.0485. The van der Waals surface area contributed by atoms with Crippen molar-refractivity contribution in [3.05, 3.63) is 81.9 Å². The highest BCUT2D eigenvalue weighted by Crippen LogP contribution is 2.43. The van der Waals surface area contributed by atoms with Gasteiger partial charge in [-0.1, -0.05) is 60.6 Å². The number of alkyl halides is 4. The molecule has 0 aromatic heterocycles. The van der Waals surface area contributed by atoms with Crippen molar-refractivity contribution in [2.24, 2.45) is 5.92 Å². The van der Waals surface area contributed by atoms with E-state index in [1.54, 1.807) is 6.07 Å². The van der Waals surface area contributed by atoms with E-state index >= 15 is 0 Å². The monoisotopic (exact) mass is 460 g/mol. The van der Waals surface area contributed by atoms with Gasteiger partial charge in [-0.15, -0.1) is 0 Å². The molecule has 1 aliphatic rings. The lowest BCUT2D eigenvalue weighted by Crippen LogP contribution is -2.22. The van der Waals surface area contributed by atoms with Gasteiger partial charge >= 0.3 is 6.18 Å². The first-order valence-corrected chi connectivity index (χ1v) is 10.6. The number of hydrogen-bond acceptors (Lipinski definition) is 0. The molecule has 1 aliphatic carbocycles. The molecule has 0 unspecified atom stereocenters. The van der Waals surface area contributed by atoms with Crippen LogP contribution in [0.5, 0.6) is 0 Å². The fourth-order valence-electron chi connectivity index (χ4n) is 3.94. The summed E-state index contributed by atoms with van der Waals surface area (Å²) in [5.41, 5.74) is 0.788. The van der Waals surface area contributed by atoms with Gasteiger partial charge in [-0.2, -0.15) is 13.2 Å². The third-order valence-electron chi connectivity index (χ3n) is 5.67. The van der Waals surface area contributed by atoms with Crippen LogP contribution in [-0.2, 0) is 0 Å². The Bertz CT molecular complexity index is 828. The van der Waals surface area contributed by atoms with E-state index in [1.807, 2.05) is 18.2 Å². The van der Waals surface area contributed by atoms with Gasteiger partial charge in [0.2, 0.25) is 0 Å². The van der Waals surface area contributed by atoms with E-state index < -0.39 is 17.9 Å². The Hall–Kier alpha value is -1.52. The topological polar surface area (TPSA) is 0 Å². The lowest BCUT2D eigenvalue weighted by atomic mass is 9.73. The van der Waals surface area contributed by atoms with Crippen LogP contribution in [0.15, 0.2) is 71.3 Å². The predicted octanol–water partition coefficient (Wildman–Crippen LogP) is 9.09. The molecular weight excluding hydrogens is 435 g/mol. The van der Waals surface area contributed by atoms with Crippen molar-refractivity contribution in [1.82, 2.24) is 0 Å². The van der Waals surface area contributed by atoms with E-state index in [4.69, 9.17) is 23.2 Å². The van der Waals surface area contributed by atoms with Crippen LogP contribution in [0.3, 0.4) is 0 Å². The predicted molar refractivity (Wildman–Crippen MR) is 118 cm³/mol. The van der Waals surface area contributed by atoms with Gasteiger partial charge in [0.1, 0.15) is 6.17 Å². The average Bonchev–Trinajstić information content (AvgIpc) is 2.69. The minimum atomic E-state index is -4.54. The molecule has 0 saturated heterocycles. The summed E-state index contributed by atoms with van der Waals surface area (Å²) in [6.45, 7) is 8.59. The highest BCUT2D eigenvalue weighted by molar-refractivity contribution is 6.33. The van der Waals surface area contributed by atoms with Gasteiger partial charge < -0.3 is 0 Å². The van der Waals surface area contributed by atoms with Gasteiger partial charge in [-0.25, -0.2) is 4.39 Å². The molecule has 0 spiro atoms. The molecule has 1 aromatic rings. The van der Waals surface area contributed by atoms with E-state index in [0.29, 0.717) is 42.7 Å². The number of rotatable bonds is 7. The summed E-state index contributed by atoms with van der Waals surface area (Å²) >= 11 is 12.3. The standard InChI is InChI=1S/C24H26Cl2F4/c1-4-6-21(23(26)16(3)24(28,29)30)15(2)13-22(17-9-11-20(27)12-10-17)18-7-5-8-19(25)14-18/h4-8,14,17,20,22H,1-2,9-13H2,3H3/b21-6-,23-16-/t17?,20?,22-/m1/s1. The zero-order chi connectivity index (χ0) is 22.5. The molecule has 0 nitrogen and oxygen atoms in total. The third kappa shape index (κ3) is 6.49. The van der Waals surface area contributed by atoms with Crippen LogP contribution in [0.1, 0.15) is 50.5 Å². The zero-order valence-corrected chi connectivity index (χ0v) is 18.4. The molecule has 0 N–H and O–H groups in total. The van der Waals surface area contributed by atoms with Crippen LogP contribution in [0, 0.1) is 5.92 Å². The van der Waals surface area contributed by atoms with Gasteiger partial charge in [0.25, 0.3) is 0 Å². The first kappa shape index (κ1) is 24.7. The van der Waals surface area contributed by atoms with E-state index in [-0.39, 0.29) is 22.4 Å². The quantitative estimate of drug-likeness (QED) is 0.281. The molecule has 1 aromatic carbocycles. The average molecular weight is 461 g/mol. The highest BCUT2D eigenvalue weighted by atomic mass is 35.5. The maximum absolute atomic E-state index is 13.7. The second-order valence-corrected chi connectivity index (χ2v) is 8.55. The smallest absolute Gasteiger partial charge is 0.247 e. The molecule has 164 valence electrons. The molecule has 0 heterocycles. The van der Waals surface area contributed by atoms with Crippen molar-refractivity contribution in [3.8, 4) is 0 Å². The highest BCUT2D eigenvalue weighted by Gasteiger charge is 2.34. The van der Waals surface area contributed by atoms with E-state index in [1.165, 1.54) is 12.2 Å². The third-order valence-corrected chi connectivity index (χ3v) is 6.39. The Labute approximate surface area is 186 Å². The molecule has 1 fully saturated rings. The Morgan fingerprint density at radius 2 is 1.87 bits per heavy atom. The first-order valence-electron chi connectivity index (χ1n) is 9.89. The Morgan fingerprint density at radius 1 is 1.23 bits per heavy atom. The van der Waals surface area contributed by atoms with Crippen molar-refractivity contribution >= 4 is 23.2 Å². The minimum Gasteiger partial charge on any atom is -0.247 e. The van der Waals surface area contributed by atoms with Gasteiger partial charge in [-0.05, 0) is 79.7 Å². The van der Waals surface area contributed by atoms with Crippen molar-refractivity contribution in [1.29, 1.82) is 0 Å². The van der Waals surface area contributed by atoms with Gasteiger partial charge in [0.05, 0.1) is 5.03 Å². The Balaban J connectivity index is 2.38. The molecule has 0 bridgehead atoms. The number of hydrogen-bond donors (Lipinski definition) is 0.